The minimum absolute atomic E-state index is 0.116. The molecule has 0 aliphatic carbocycles. The van der Waals surface area contributed by atoms with Crippen molar-refractivity contribution < 1.29 is 46.9 Å². The predicted octanol–water partition coefficient (Wildman–Crippen LogP) is 2.11. The smallest absolute Gasteiger partial charge is 0.459 e. The van der Waals surface area contributed by atoms with E-state index >= 15 is 4.39 Å². The van der Waals surface area contributed by atoms with Gasteiger partial charge < -0.3 is 23.8 Å². The number of hydrogen-bond acceptors (Lipinski definition) is 12. The molecule has 0 amide bonds. The lowest BCUT2D eigenvalue weighted by atomic mass is 9.98. The number of alkyl halides is 1. The van der Waals surface area contributed by atoms with Gasteiger partial charge in [-0.25, -0.2) is 23.1 Å². The van der Waals surface area contributed by atoms with Crippen LogP contribution in [0.25, 0.3) is 0 Å². The second-order valence-corrected chi connectivity index (χ2v) is 12.5. The highest BCUT2D eigenvalue weighted by atomic mass is 31.2. The number of carbonyl (C=O) groups is 2. The summed E-state index contributed by atoms with van der Waals surface area (Å²) in [4.78, 5) is 53.8. The molecule has 3 rings (SSSR count). The lowest BCUT2D eigenvalue weighted by molar-refractivity contribution is -0.149. The van der Waals surface area contributed by atoms with Crippen molar-refractivity contribution in [2.45, 2.75) is 84.5 Å². The van der Waals surface area contributed by atoms with Crippen LogP contribution in [0.2, 0.25) is 0 Å². The van der Waals surface area contributed by atoms with Crippen LogP contribution >= 0.6 is 7.75 Å². The van der Waals surface area contributed by atoms with E-state index in [9.17, 15) is 28.8 Å². The molecule has 2 heterocycles. The average molecular weight is 657 g/mol. The van der Waals surface area contributed by atoms with Gasteiger partial charge in [-0.3, -0.25) is 23.7 Å². The molecule has 1 saturated heterocycles. The Balaban J connectivity index is 1.81. The molecule has 17 heteroatoms. The topological polar surface area (TPSA) is 186 Å². The maximum absolute atomic E-state index is 16.0. The van der Waals surface area contributed by atoms with Crippen molar-refractivity contribution in [3.8, 4) is 5.75 Å². The highest BCUT2D eigenvalue weighted by Gasteiger charge is 2.56. The molecule has 0 spiro atoms. The Labute approximate surface area is 258 Å². The number of rotatable bonds is 14. The zero-order chi connectivity index (χ0) is 33.5. The number of para-hydroxylation sites is 1. The minimum Gasteiger partial charge on any atom is -0.462 e. The summed E-state index contributed by atoms with van der Waals surface area (Å²) in [5.41, 5.74) is -3.94. The quantitative estimate of drug-likeness (QED) is 0.172. The highest BCUT2D eigenvalue weighted by molar-refractivity contribution is 7.52. The molecule has 15 nitrogen and oxygen atoms in total. The van der Waals surface area contributed by atoms with Gasteiger partial charge in [0.2, 0.25) is 0 Å². The molecule has 0 radical (unpaired) electrons. The number of halogens is 1. The molecule has 0 saturated carbocycles. The number of ether oxygens (including phenoxy) is 3. The summed E-state index contributed by atoms with van der Waals surface area (Å²) in [6.45, 7) is 7.14. The third-order valence-corrected chi connectivity index (χ3v) is 8.02. The number of esters is 2. The lowest BCUT2D eigenvalue weighted by Crippen LogP contribution is -2.46. The molecule has 0 bridgehead atoms. The lowest BCUT2D eigenvalue weighted by Gasteiger charge is -2.25. The Morgan fingerprint density at radius 3 is 2.47 bits per heavy atom. The molecular formula is C28H38FN4O11P. The first kappa shape index (κ1) is 35.8. The third-order valence-electron chi connectivity index (χ3n) is 6.38. The maximum atomic E-state index is 16.0. The summed E-state index contributed by atoms with van der Waals surface area (Å²) in [7, 11) is -4.40. The molecule has 45 heavy (non-hydrogen) atoms. The van der Waals surface area contributed by atoms with Gasteiger partial charge in [0, 0.05) is 18.0 Å². The number of aromatic nitrogens is 2. The summed E-state index contributed by atoms with van der Waals surface area (Å²) in [6.07, 6.45) is -4.69. The monoisotopic (exact) mass is 656 g/mol. The molecule has 1 aromatic carbocycles. The molecule has 2 N–H and O–H groups in total. The number of aliphatic imine (C=N–C) groups is 1. The van der Waals surface area contributed by atoms with E-state index in [0.29, 0.717) is 10.3 Å². The van der Waals surface area contributed by atoms with Gasteiger partial charge in [0.05, 0.1) is 12.7 Å². The van der Waals surface area contributed by atoms with E-state index in [1.165, 1.54) is 19.1 Å². The van der Waals surface area contributed by atoms with Crippen LogP contribution in [-0.4, -0.2) is 75.1 Å². The van der Waals surface area contributed by atoms with Crippen LogP contribution in [0, 0.1) is 0 Å². The normalized spacial score (nSPS) is 23.2. The van der Waals surface area contributed by atoms with Crippen LogP contribution in [0.4, 0.5) is 4.39 Å². The fraction of sp³-hybridized carbons (Fsp3) is 0.536. The first-order valence-electron chi connectivity index (χ1n) is 14.0. The van der Waals surface area contributed by atoms with E-state index in [-0.39, 0.29) is 12.3 Å². The van der Waals surface area contributed by atoms with Crippen LogP contribution in [-0.2, 0) is 39.6 Å². The fourth-order valence-electron chi connectivity index (χ4n) is 4.09. The zero-order valence-electron chi connectivity index (χ0n) is 25.7. The first-order chi connectivity index (χ1) is 21.0. The van der Waals surface area contributed by atoms with Crippen LogP contribution in [0.1, 0.15) is 47.8 Å². The van der Waals surface area contributed by atoms with Crippen molar-refractivity contribution in [1.82, 2.24) is 14.2 Å². The number of nitrogens with zero attached hydrogens (tertiary/aromatic N) is 3. The van der Waals surface area contributed by atoms with Crippen molar-refractivity contribution in [1.29, 1.82) is 0 Å². The van der Waals surface area contributed by atoms with Gasteiger partial charge in [-0.1, -0.05) is 18.2 Å². The van der Waals surface area contributed by atoms with Crippen molar-refractivity contribution in [2.75, 3.05) is 13.2 Å². The largest absolute Gasteiger partial charge is 0.462 e. The second kappa shape index (κ2) is 15.1. The van der Waals surface area contributed by atoms with Crippen LogP contribution < -0.4 is 20.9 Å². The summed E-state index contributed by atoms with van der Waals surface area (Å²) in [6, 6.07) is 7.65. The first-order valence-corrected chi connectivity index (χ1v) is 15.5. The van der Waals surface area contributed by atoms with E-state index in [0.717, 1.165) is 23.8 Å². The molecule has 6 atom stereocenters. The number of aliphatic hydroxyl groups excluding tert-OH is 1. The Kier molecular flexibility index (Phi) is 12.0. The van der Waals surface area contributed by atoms with E-state index in [2.05, 4.69) is 10.1 Å². The Morgan fingerprint density at radius 2 is 1.84 bits per heavy atom. The molecule has 248 valence electrons. The molecule has 1 unspecified atom stereocenters. The highest BCUT2D eigenvalue weighted by Crippen LogP contribution is 2.47. The summed E-state index contributed by atoms with van der Waals surface area (Å²) in [5, 5.41) is 13.3. The van der Waals surface area contributed by atoms with Crippen LogP contribution in [0.3, 0.4) is 0 Å². The standard InChI is InChI=1S/C28H38FN4O11P/c1-17(2)30-14-23(35)40-16-33-22(34)12-13-32(27(33)38)26-28(6,29)24(36)21(43-26)15-41-45(39,44-20-10-8-7-9-11-20)31-19(5)25(37)42-18(3)4/h7-13,18-19,21,24,26,36H,14-16H2,1-6H3,(H,31,39)/t19-,21+,24+,26+,28+,45?/m0/s1. The number of benzene rings is 1. The van der Waals surface area contributed by atoms with Gasteiger partial charge in [-0.2, -0.15) is 5.09 Å². The summed E-state index contributed by atoms with van der Waals surface area (Å²) in [5.74, 6) is -1.43. The van der Waals surface area contributed by atoms with Gasteiger partial charge in [0.25, 0.3) is 5.56 Å². The van der Waals surface area contributed by atoms with Gasteiger partial charge in [0.15, 0.2) is 18.6 Å². The van der Waals surface area contributed by atoms with Crippen LogP contribution in [0.5, 0.6) is 5.75 Å². The van der Waals surface area contributed by atoms with E-state index < -0.39 is 80.5 Å². The molecule has 2 aromatic rings. The molecular weight excluding hydrogens is 618 g/mol. The van der Waals surface area contributed by atoms with Crippen LogP contribution in [0.15, 0.2) is 57.2 Å². The van der Waals surface area contributed by atoms with Gasteiger partial charge in [-0.15, -0.1) is 0 Å². The van der Waals surface area contributed by atoms with Gasteiger partial charge >= 0.3 is 25.4 Å². The van der Waals surface area contributed by atoms with Gasteiger partial charge in [-0.05, 0) is 53.7 Å². The molecule has 1 aliphatic heterocycles. The molecule has 1 aromatic heterocycles. The van der Waals surface area contributed by atoms with E-state index in [1.54, 1.807) is 45.9 Å². The van der Waals surface area contributed by atoms with Crippen molar-refractivity contribution >= 4 is 25.4 Å². The van der Waals surface area contributed by atoms with E-state index in [4.69, 9.17) is 23.3 Å². The number of nitrogens with one attached hydrogen (secondary N) is 1. The van der Waals surface area contributed by atoms with Crippen molar-refractivity contribution in [2.24, 2.45) is 4.99 Å². The molecule has 1 fully saturated rings. The average Bonchev–Trinajstić information content (AvgIpc) is 3.18. The van der Waals surface area contributed by atoms with Crippen molar-refractivity contribution in [3.05, 3.63) is 63.4 Å². The Hall–Kier alpha value is -3.69. The van der Waals surface area contributed by atoms with E-state index in [1.807, 2.05) is 0 Å². The Morgan fingerprint density at radius 1 is 1.18 bits per heavy atom. The zero-order valence-corrected chi connectivity index (χ0v) is 26.6. The second-order valence-electron chi connectivity index (χ2n) is 10.8. The van der Waals surface area contributed by atoms with Gasteiger partial charge in [0.1, 0.15) is 30.5 Å². The number of carbonyl (C=O) groups excluding carboxylic acids is 2. The maximum Gasteiger partial charge on any atom is 0.459 e. The minimum atomic E-state index is -4.40. The predicted molar refractivity (Wildman–Crippen MR) is 159 cm³/mol. The molecule has 1 aliphatic rings. The Bertz CT molecular complexity index is 1540. The third kappa shape index (κ3) is 9.41. The summed E-state index contributed by atoms with van der Waals surface area (Å²) >= 11 is 0. The number of aliphatic hydroxyl groups is 1. The number of hydrogen-bond donors (Lipinski definition) is 2. The fourth-order valence-corrected chi connectivity index (χ4v) is 5.59. The van der Waals surface area contributed by atoms with Crippen molar-refractivity contribution in [3.63, 3.8) is 0 Å². The SMILES string of the molecule is CC(C)=NCC(=O)OCn1c(=O)ccn([C@@H]2O[C@H](COP(=O)(N[C@@H](C)C(=O)OC(C)C)Oc3ccccc3)[C@@H](O)[C@@]2(C)F)c1=O. The summed E-state index contributed by atoms with van der Waals surface area (Å²) < 4.78 is 57.8.